The quantitative estimate of drug-likeness (QED) is 0.833. The van der Waals surface area contributed by atoms with E-state index in [0.717, 1.165) is 6.42 Å². The molecule has 0 aliphatic heterocycles. The maximum atomic E-state index is 13.7. The van der Waals surface area contributed by atoms with E-state index >= 15 is 0 Å². The van der Waals surface area contributed by atoms with Gasteiger partial charge in [0, 0.05) is 11.6 Å². The fourth-order valence-corrected chi connectivity index (χ4v) is 2.42. The lowest BCUT2D eigenvalue weighted by molar-refractivity contribution is 0.299. The second kappa shape index (κ2) is 7.43. The first kappa shape index (κ1) is 15.8. The Bertz CT molecular complexity index is 582. The molecule has 0 spiro atoms. The monoisotopic (exact) mass is 307 g/mol. The molecule has 0 amide bonds. The van der Waals surface area contributed by atoms with E-state index < -0.39 is 5.82 Å². The van der Waals surface area contributed by atoms with Crippen molar-refractivity contribution in [2.24, 2.45) is 0 Å². The Morgan fingerprint density at radius 2 is 1.90 bits per heavy atom. The summed E-state index contributed by atoms with van der Waals surface area (Å²) in [5.41, 5.74) is 1.66. The zero-order chi connectivity index (χ0) is 15.2. The average molecular weight is 308 g/mol. The van der Waals surface area contributed by atoms with Gasteiger partial charge in [-0.1, -0.05) is 42.8 Å². The Morgan fingerprint density at radius 1 is 1.19 bits per heavy atom. The average Bonchev–Trinajstić information content (AvgIpc) is 2.51. The summed E-state index contributed by atoms with van der Waals surface area (Å²) in [6.45, 7) is 2.29. The second-order valence-electron chi connectivity index (χ2n) is 4.82. The molecule has 1 N–H and O–H groups in total. The molecular weight excluding hydrogens is 289 g/mol. The predicted molar refractivity (Wildman–Crippen MR) is 84.3 cm³/mol. The van der Waals surface area contributed by atoms with Gasteiger partial charge in [-0.2, -0.15) is 0 Å². The van der Waals surface area contributed by atoms with Gasteiger partial charge in [-0.05, 0) is 37.2 Å². The molecule has 1 atom stereocenters. The molecule has 2 aromatic carbocycles. The van der Waals surface area contributed by atoms with Crippen molar-refractivity contribution in [3.05, 3.63) is 64.4 Å². The molecule has 2 rings (SSSR count). The number of hydrogen-bond acceptors (Lipinski definition) is 2. The Hall–Kier alpha value is -1.58. The third kappa shape index (κ3) is 3.96. The van der Waals surface area contributed by atoms with Crippen molar-refractivity contribution in [2.45, 2.75) is 26.0 Å². The molecule has 0 radical (unpaired) electrons. The van der Waals surface area contributed by atoms with Gasteiger partial charge >= 0.3 is 0 Å². The van der Waals surface area contributed by atoms with Crippen LogP contribution in [0.25, 0.3) is 0 Å². The van der Waals surface area contributed by atoms with Crippen LogP contribution in [0, 0.1) is 5.82 Å². The van der Waals surface area contributed by atoms with Crippen LogP contribution in [0.5, 0.6) is 5.75 Å². The van der Waals surface area contributed by atoms with Crippen molar-refractivity contribution < 1.29 is 9.13 Å². The number of hydrogen-bond donors (Lipinski definition) is 1. The number of rotatable bonds is 6. The van der Waals surface area contributed by atoms with E-state index in [-0.39, 0.29) is 11.6 Å². The van der Waals surface area contributed by atoms with Crippen molar-refractivity contribution in [3.8, 4) is 5.75 Å². The minimum Gasteiger partial charge on any atom is -0.489 e. The molecule has 21 heavy (non-hydrogen) atoms. The fourth-order valence-electron chi connectivity index (χ4n) is 2.22. The highest BCUT2D eigenvalue weighted by Crippen LogP contribution is 2.22. The molecule has 0 aromatic heterocycles. The Kier molecular flexibility index (Phi) is 5.59. The number of ether oxygens (including phenoxy) is 1. The summed E-state index contributed by atoms with van der Waals surface area (Å²) < 4.78 is 19.4. The lowest BCUT2D eigenvalue weighted by Gasteiger charge is -2.15. The zero-order valence-electron chi connectivity index (χ0n) is 12.2. The third-order valence-corrected chi connectivity index (χ3v) is 3.76. The highest BCUT2D eigenvalue weighted by atomic mass is 35.5. The van der Waals surface area contributed by atoms with Gasteiger partial charge in [0.25, 0.3) is 0 Å². The molecule has 0 aliphatic carbocycles. The maximum Gasteiger partial charge on any atom is 0.148 e. The van der Waals surface area contributed by atoms with E-state index in [0.29, 0.717) is 17.4 Å². The smallest absolute Gasteiger partial charge is 0.148 e. The molecule has 0 aliphatic rings. The molecule has 0 saturated carbocycles. The molecule has 0 saturated heterocycles. The third-order valence-electron chi connectivity index (χ3n) is 3.47. The summed E-state index contributed by atoms with van der Waals surface area (Å²) in [6.07, 6.45) is 1.02. The summed E-state index contributed by atoms with van der Waals surface area (Å²) >= 11 is 5.75. The van der Waals surface area contributed by atoms with Crippen molar-refractivity contribution in [1.29, 1.82) is 0 Å². The van der Waals surface area contributed by atoms with Gasteiger partial charge in [-0.15, -0.1) is 0 Å². The van der Waals surface area contributed by atoms with Crippen molar-refractivity contribution in [1.82, 2.24) is 5.32 Å². The summed E-state index contributed by atoms with van der Waals surface area (Å²) in [5.74, 6) is 0.293. The first-order chi connectivity index (χ1) is 10.2. The highest BCUT2D eigenvalue weighted by Gasteiger charge is 2.08. The van der Waals surface area contributed by atoms with Gasteiger partial charge in [0.2, 0.25) is 0 Å². The van der Waals surface area contributed by atoms with Gasteiger partial charge in [-0.3, -0.25) is 0 Å². The van der Waals surface area contributed by atoms with Gasteiger partial charge in [-0.25, -0.2) is 4.39 Å². The first-order valence-corrected chi connectivity index (χ1v) is 7.36. The van der Waals surface area contributed by atoms with Crippen LogP contribution in [0.2, 0.25) is 5.02 Å². The molecule has 0 bridgehead atoms. The Balaban J connectivity index is 2.02. The zero-order valence-corrected chi connectivity index (χ0v) is 13.0. The Morgan fingerprint density at radius 3 is 2.52 bits per heavy atom. The van der Waals surface area contributed by atoms with Crippen molar-refractivity contribution in [2.75, 3.05) is 7.05 Å². The summed E-state index contributed by atoms with van der Waals surface area (Å²) in [7, 11) is 1.94. The minimum atomic E-state index is -0.419. The largest absolute Gasteiger partial charge is 0.489 e. The summed E-state index contributed by atoms with van der Waals surface area (Å²) in [5, 5.41) is 3.37. The summed E-state index contributed by atoms with van der Waals surface area (Å²) in [6, 6.07) is 13.1. The topological polar surface area (TPSA) is 21.3 Å². The number of halogens is 2. The fraction of sp³-hybridized carbons (Fsp3) is 0.294. The van der Waals surface area contributed by atoms with Gasteiger partial charge < -0.3 is 10.1 Å². The standard InChI is InChI=1S/C17H19ClFNO/c1-3-16(20-2)12-7-9-14(10-8-12)21-11-13-5-4-6-15(18)17(13)19/h4-10,16,20H,3,11H2,1-2H3. The molecule has 4 heteroatoms. The molecule has 112 valence electrons. The minimum absolute atomic E-state index is 0.117. The van der Waals surface area contributed by atoms with Crippen LogP contribution in [0.4, 0.5) is 4.39 Å². The van der Waals surface area contributed by atoms with Crippen LogP contribution in [0.3, 0.4) is 0 Å². The van der Waals surface area contributed by atoms with E-state index in [1.807, 2.05) is 31.3 Å². The van der Waals surface area contributed by atoms with Crippen molar-refractivity contribution in [3.63, 3.8) is 0 Å². The lowest BCUT2D eigenvalue weighted by atomic mass is 10.0. The lowest BCUT2D eigenvalue weighted by Crippen LogP contribution is -2.14. The van der Waals surface area contributed by atoms with Crippen molar-refractivity contribution >= 4 is 11.6 Å². The van der Waals surface area contributed by atoms with E-state index in [1.165, 1.54) is 11.6 Å². The molecule has 2 aromatic rings. The first-order valence-electron chi connectivity index (χ1n) is 6.98. The second-order valence-corrected chi connectivity index (χ2v) is 5.23. The number of benzene rings is 2. The normalized spacial score (nSPS) is 12.2. The van der Waals surface area contributed by atoms with Crippen LogP contribution in [0.15, 0.2) is 42.5 Å². The molecule has 0 fully saturated rings. The van der Waals surface area contributed by atoms with Crippen LogP contribution in [0.1, 0.15) is 30.5 Å². The highest BCUT2D eigenvalue weighted by molar-refractivity contribution is 6.30. The van der Waals surface area contributed by atoms with Gasteiger partial charge in [0.15, 0.2) is 0 Å². The SMILES string of the molecule is CCC(NC)c1ccc(OCc2cccc(Cl)c2F)cc1. The van der Waals surface area contributed by atoms with Gasteiger partial charge in [0.05, 0.1) is 5.02 Å². The molecular formula is C17H19ClFNO. The van der Waals surface area contributed by atoms with Crippen LogP contribution in [-0.4, -0.2) is 7.05 Å². The molecule has 1 unspecified atom stereocenters. The van der Waals surface area contributed by atoms with Gasteiger partial charge in [0.1, 0.15) is 18.2 Å². The van der Waals surface area contributed by atoms with E-state index in [4.69, 9.17) is 16.3 Å². The predicted octanol–water partition coefficient (Wildman–Crippen LogP) is 4.73. The maximum absolute atomic E-state index is 13.7. The van der Waals surface area contributed by atoms with Crippen LogP contribution < -0.4 is 10.1 Å². The van der Waals surface area contributed by atoms with E-state index in [1.54, 1.807) is 12.1 Å². The number of nitrogens with one attached hydrogen (secondary N) is 1. The van der Waals surface area contributed by atoms with Crippen LogP contribution in [-0.2, 0) is 6.61 Å². The molecule has 2 nitrogen and oxygen atoms in total. The van der Waals surface area contributed by atoms with Crippen LogP contribution >= 0.6 is 11.6 Å². The Labute approximate surface area is 129 Å². The van der Waals surface area contributed by atoms with E-state index in [9.17, 15) is 4.39 Å². The molecule has 0 heterocycles. The van der Waals surface area contributed by atoms with E-state index in [2.05, 4.69) is 12.2 Å². The summed E-state index contributed by atoms with van der Waals surface area (Å²) in [4.78, 5) is 0.